The van der Waals surface area contributed by atoms with Crippen LogP contribution in [0.4, 0.5) is 0 Å². The lowest BCUT2D eigenvalue weighted by atomic mass is 9.96. The maximum Gasteiger partial charge on any atom is 0.253 e. The van der Waals surface area contributed by atoms with Gasteiger partial charge in [0.05, 0.1) is 17.5 Å². The predicted octanol–water partition coefficient (Wildman–Crippen LogP) is 1.15. The van der Waals surface area contributed by atoms with Crippen LogP contribution in [0.25, 0.3) is 0 Å². The van der Waals surface area contributed by atoms with Gasteiger partial charge in [0.25, 0.3) is 5.91 Å². The minimum atomic E-state index is -2.93. The molecule has 108 valence electrons. The summed E-state index contributed by atoms with van der Waals surface area (Å²) in [5.41, 5.74) is -0.503. The minimum absolute atomic E-state index is 0.0217. The van der Waals surface area contributed by atoms with Gasteiger partial charge in [-0.25, -0.2) is 8.42 Å². The third-order valence-electron chi connectivity index (χ3n) is 3.35. The van der Waals surface area contributed by atoms with E-state index in [0.29, 0.717) is 11.7 Å². The molecule has 0 aliphatic carbocycles. The fraction of sp³-hybridized carbons (Fsp3) is 0.833. The third kappa shape index (κ3) is 2.97. The number of fused-ring (bicyclic) bond motifs is 1. The summed E-state index contributed by atoms with van der Waals surface area (Å²) in [4.78, 5) is 18.1. The zero-order chi connectivity index (χ0) is 14.4. The molecule has 2 heterocycles. The molecule has 0 bridgehead atoms. The van der Waals surface area contributed by atoms with Gasteiger partial charge in [-0.15, -0.1) is 0 Å². The van der Waals surface area contributed by atoms with Gasteiger partial charge < -0.3 is 4.90 Å². The Morgan fingerprint density at radius 2 is 2.05 bits per heavy atom. The fourth-order valence-corrected chi connectivity index (χ4v) is 6.27. The van der Waals surface area contributed by atoms with Crippen LogP contribution >= 0.6 is 11.8 Å². The van der Waals surface area contributed by atoms with Crippen LogP contribution in [0, 0.1) is 5.41 Å². The van der Waals surface area contributed by atoms with Gasteiger partial charge in [0.15, 0.2) is 15.0 Å². The van der Waals surface area contributed by atoms with Crippen molar-refractivity contribution >= 4 is 32.7 Å². The van der Waals surface area contributed by atoms with Crippen molar-refractivity contribution in [3.63, 3.8) is 0 Å². The van der Waals surface area contributed by atoms with Gasteiger partial charge in [0.2, 0.25) is 0 Å². The number of aliphatic imine (C=N–C) groups is 1. The number of amidine groups is 1. The van der Waals surface area contributed by atoms with Gasteiger partial charge in [0, 0.05) is 17.2 Å². The first-order valence-corrected chi connectivity index (χ1v) is 9.11. The first kappa shape index (κ1) is 14.8. The quantitative estimate of drug-likeness (QED) is 0.727. The molecule has 0 aromatic carbocycles. The molecule has 2 rings (SSSR count). The van der Waals surface area contributed by atoms with Crippen LogP contribution in [0.3, 0.4) is 0 Å². The lowest BCUT2D eigenvalue weighted by Crippen LogP contribution is -2.37. The second kappa shape index (κ2) is 4.77. The Morgan fingerprint density at radius 1 is 1.42 bits per heavy atom. The summed E-state index contributed by atoms with van der Waals surface area (Å²) < 4.78 is 23.3. The van der Waals surface area contributed by atoms with Crippen molar-refractivity contribution in [2.24, 2.45) is 10.4 Å². The number of carbonyl (C=O) groups excluding carboxylic acids is 1. The topological polar surface area (TPSA) is 66.8 Å². The van der Waals surface area contributed by atoms with Gasteiger partial charge >= 0.3 is 0 Å². The van der Waals surface area contributed by atoms with Gasteiger partial charge in [-0.2, -0.15) is 4.99 Å². The molecule has 19 heavy (non-hydrogen) atoms. The van der Waals surface area contributed by atoms with Gasteiger partial charge in [-0.3, -0.25) is 4.79 Å². The molecule has 0 aromatic heterocycles. The number of amides is 1. The Labute approximate surface area is 118 Å². The Kier molecular flexibility index (Phi) is 3.72. The summed E-state index contributed by atoms with van der Waals surface area (Å²) in [5.74, 6) is 0.222. The fourth-order valence-electron chi connectivity index (χ4n) is 2.26. The SMILES string of the molecule is CCN1C(=NC(=O)C(C)(C)C)S[C@@H]2CS(=O)(=O)C[C@@H]21. The first-order chi connectivity index (χ1) is 8.64. The van der Waals surface area contributed by atoms with Crippen molar-refractivity contribution in [3.05, 3.63) is 0 Å². The van der Waals surface area contributed by atoms with Gasteiger partial charge in [-0.05, 0) is 6.92 Å². The van der Waals surface area contributed by atoms with Gasteiger partial charge in [-0.1, -0.05) is 32.5 Å². The van der Waals surface area contributed by atoms with E-state index in [0.717, 1.165) is 0 Å². The second-order valence-electron chi connectivity index (χ2n) is 6.04. The molecule has 0 N–H and O–H groups in total. The number of hydrogen-bond donors (Lipinski definition) is 0. The number of sulfone groups is 1. The van der Waals surface area contributed by atoms with Crippen molar-refractivity contribution < 1.29 is 13.2 Å². The molecule has 5 nitrogen and oxygen atoms in total. The second-order valence-corrected chi connectivity index (χ2v) is 9.40. The van der Waals surface area contributed by atoms with E-state index in [1.54, 1.807) is 0 Å². The lowest BCUT2D eigenvalue weighted by molar-refractivity contribution is -0.124. The van der Waals surface area contributed by atoms with Crippen LogP contribution in [0.5, 0.6) is 0 Å². The summed E-state index contributed by atoms with van der Waals surface area (Å²) in [6.07, 6.45) is 0. The van der Waals surface area contributed by atoms with Crippen molar-refractivity contribution in [1.29, 1.82) is 0 Å². The summed E-state index contributed by atoms with van der Waals surface area (Å²) in [6, 6.07) is -0.0217. The molecular weight excluding hydrogens is 284 g/mol. The highest BCUT2D eigenvalue weighted by molar-refractivity contribution is 8.15. The zero-order valence-corrected chi connectivity index (χ0v) is 13.3. The highest BCUT2D eigenvalue weighted by Crippen LogP contribution is 2.38. The number of thioether (sulfide) groups is 1. The lowest BCUT2D eigenvalue weighted by Gasteiger charge is -2.23. The van der Waals surface area contributed by atoms with Crippen LogP contribution in [-0.2, 0) is 14.6 Å². The van der Waals surface area contributed by atoms with Gasteiger partial charge in [0.1, 0.15) is 0 Å². The summed E-state index contributed by atoms with van der Waals surface area (Å²) >= 11 is 1.44. The van der Waals surface area contributed by atoms with Crippen LogP contribution in [0.2, 0.25) is 0 Å². The largest absolute Gasteiger partial charge is 0.346 e. The molecule has 2 aliphatic rings. The summed E-state index contributed by atoms with van der Waals surface area (Å²) in [7, 11) is -2.93. The van der Waals surface area contributed by atoms with Crippen molar-refractivity contribution in [2.45, 2.75) is 39.0 Å². The average Bonchev–Trinajstić information content (AvgIpc) is 2.67. The molecule has 2 aliphatic heterocycles. The van der Waals surface area contributed by atoms with E-state index >= 15 is 0 Å². The smallest absolute Gasteiger partial charge is 0.253 e. The molecule has 2 fully saturated rings. The molecule has 2 saturated heterocycles. The van der Waals surface area contributed by atoms with Crippen LogP contribution in [0.1, 0.15) is 27.7 Å². The molecule has 0 unspecified atom stereocenters. The molecule has 0 radical (unpaired) electrons. The molecule has 7 heteroatoms. The maximum atomic E-state index is 12.0. The molecule has 0 aromatic rings. The van der Waals surface area contributed by atoms with E-state index in [1.165, 1.54) is 11.8 Å². The van der Waals surface area contributed by atoms with Crippen LogP contribution < -0.4 is 0 Å². The standard InChI is InChI=1S/C12H20N2O3S2/c1-5-14-8-6-19(16,17)7-9(8)18-11(14)13-10(15)12(2,3)4/h8-9H,5-7H2,1-4H3/t8-,9+/m0/s1. The van der Waals surface area contributed by atoms with Crippen molar-refractivity contribution in [2.75, 3.05) is 18.1 Å². The van der Waals surface area contributed by atoms with E-state index in [-0.39, 0.29) is 28.7 Å². The minimum Gasteiger partial charge on any atom is -0.346 e. The number of carbonyl (C=O) groups is 1. The highest BCUT2D eigenvalue weighted by atomic mass is 32.2. The van der Waals surface area contributed by atoms with Crippen LogP contribution in [-0.4, -0.2) is 53.7 Å². The van der Waals surface area contributed by atoms with E-state index in [1.807, 2.05) is 32.6 Å². The monoisotopic (exact) mass is 304 g/mol. The Hall–Kier alpha value is -0.560. The third-order valence-corrected chi connectivity index (χ3v) is 6.60. The molecule has 0 saturated carbocycles. The molecular formula is C12H20N2O3S2. The van der Waals surface area contributed by atoms with E-state index in [4.69, 9.17) is 0 Å². The Bertz CT molecular complexity index is 520. The molecule has 2 atom stereocenters. The number of hydrogen-bond acceptors (Lipinski definition) is 4. The summed E-state index contributed by atoms with van der Waals surface area (Å²) in [5, 5.41) is 0.712. The predicted molar refractivity (Wildman–Crippen MR) is 78.1 cm³/mol. The van der Waals surface area contributed by atoms with Crippen molar-refractivity contribution in [1.82, 2.24) is 4.90 Å². The number of rotatable bonds is 1. The van der Waals surface area contributed by atoms with Crippen LogP contribution in [0.15, 0.2) is 4.99 Å². The first-order valence-electron chi connectivity index (χ1n) is 6.41. The Morgan fingerprint density at radius 3 is 2.58 bits per heavy atom. The molecule has 0 spiro atoms. The average molecular weight is 304 g/mol. The number of nitrogens with zero attached hydrogens (tertiary/aromatic N) is 2. The Balaban J connectivity index is 2.23. The van der Waals surface area contributed by atoms with E-state index in [2.05, 4.69) is 4.99 Å². The zero-order valence-electron chi connectivity index (χ0n) is 11.7. The maximum absolute atomic E-state index is 12.0. The normalized spacial score (nSPS) is 31.8. The summed E-state index contributed by atoms with van der Waals surface area (Å²) in [6.45, 7) is 8.15. The molecule has 1 amide bonds. The van der Waals surface area contributed by atoms with Crippen molar-refractivity contribution in [3.8, 4) is 0 Å². The highest BCUT2D eigenvalue weighted by Gasteiger charge is 2.48. The van der Waals surface area contributed by atoms with E-state index < -0.39 is 15.3 Å². The van der Waals surface area contributed by atoms with E-state index in [9.17, 15) is 13.2 Å².